The van der Waals surface area contributed by atoms with Crippen LogP contribution in [0.15, 0.2) is 73.3 Å². The summed E-state index contributed by atoms with van der Waals surface area (Å²) in [6.07, 6.45) is 7.43. The van der Waals surface area contributed by atoms with Gasteiger partial charge in [-0.1, -0.05) is 48.5 Å². The van der Waals surface area contributed by atoms with Crippen LogP contribution < -0.4 is 60.0 Å². The number of nitrogens with one attached hydrogen (secondary N) is 10. The van der Waals surface area contributed by atoms with Crippen molar-refractivity contribution in [2.24, 2.45) is 17.2 Å². The molecule has 0 bridgehead atoms. The average Bonchev–Trinajstić information content (AvgIpc) is 4.16. The number of carbonyl (C=O) groups is 7. The summed E-state index contributed by atoms with van der Waals surface area (Å²) >= 11 is 0. The van der Waals surface area contributed by atoms with Crippen LogP contribution >= 0.6 is 0 Å². The maximum absolute atomic E-state index is 14.5. The summed E-state index contributed by atoms with van der Waals surface area (Å²) in [6.45, 7) is 0.642. The first-order valence-electron chi connectivity index (χ1n) is 23.3. The Morgan fingerprint density at radius 1 is 0.765 bits per heavy atom. The van der Waals surface area contributed by atoms with E-state index in [0.29, 0.717) is 44.3 Å². The molecule has 1 aliphatic rings. The van der Waals surface area contributed by atoms with Crippen molar-refractivity contribution < 1.29 is 33.6 Å². The van der Waals surface area contributed by atoms with E-state index in [1.54, 1.807) is 19.4 Å². The molecule has 1 fully saturated rings. The monoisotopic (exact) mass is 941 g/mol. The first-order chi connectivity index (χ1) is 32.9. The predicted octanol–water partition coefficient (Wildman–Crippen LogP) is -1.81. The van der Waals surface area contributed by atoms with Crippen molar-refractivity contribution in [3.63, 3.8) is 0 Å². The van der Waals surface area contributed by atoms with Gasteiger partial charge in [0.15, 0.2) is 5.78 Å². The Kier molecular flexibility index (Phi) is 21.7. The molecule has 2 aromatic carbocycles. The van der Waals surface area contributed by atoms with Crippen LogP contribution in [0.4, 0.5) is 0 Å². The SMILES string of the molecule is CN[C@@H](Cc1cnc[nH]1)C(=O)CN[C@@H](Cc1ccccc1)C(=O)N[C@@H](CCCNC(N)N)C(=O)C(=O)[C@H](Cc1c[nH]c2ccccc12)NNCC(=O)N[C@@H](CCCCN)C(=O)C(=O)[C@@H]1CCCN1. The average molecular weight is 941 g/mol. The van der Waals surface area contributed by atoms with Gasteiger partial charge in [0.2, 0.25) is 34.9 Å². The van der Waals surface area contributed by atoms with Crippen molar-refractivity contribution in [3.8, 4) is 0 Å². The molecule has 6 atom stereocenters. The molecule has 368 valence electrons. The molecule has 16 N–H and O–H groups in total. The lowest BCUT2D eigenvalue weighted by Gasteiger charge is -2.25. The number of aromatic amines is 2. The topological polar surface area (TPSA) is 338 Å². The molecule has 3 heterocycles. The Hall–Kier alpha value is -5.88. The number of benzene rings is 2. The number of H-pyrrole nitrogens is 2. The van der Waals surface area contributed by atoms with Crippen molar-refractivity contribution in [2.75, 3.05) is 39.8 Å². The molecule has 0 unspecified atom stereocenters. The highest BCUT2D eigenvalue weighted by Crippen LogP contribution is 2.20. The van der Waals surface area contributed by atoms with Crippen molar-refractivity contribution in [2.45, 2.75) is 107 Å². The van der Waals surface area contributed by atoms with Crippen LogP contribution in [0.1, 0.15) is 61.8 Å². The number of imidazole rings is 1. The number of nitrogens with zero attached hydrogens (tertiary/aromatic N) is 1. The van der Waals surface area contributed by atoms with Crippen LogP contribution in [0.3, 0.4) is 0 Å². The highest BCUT2D eigenvalue weighted by molar-refractivity contribution is 6.42. The summed E-state index contributed by atoms with van der Waals surface area (Å²) in [7, 11) is 1.67. The molecular weight excluding hydrogens is 873 g/mol. The second kappa shape index (κ2) is 27.8. The molecule has 1 saturated heterocycles. The van der Waals surface area contributed by atoms with Crippen LogP contribution in [0, 0.1) is 0 Å². The van der Waals surface area contributed by atoms with Gasteiger partial charge in [0, 0.05) is 35.4 Å². The van der Waals surface area contributed by atoms with E-state index in [9.17, 15) is 33.6 Å². The number of para-hydroxylation sites is 1. The summed E-state index contributed by atoms with van der Waals surface area (Å²) in [5.41, 5.74) is 25.8. The third-order valence-electron chi connectivity index (χ3n) is 11.9. The Labute approximate surface area is 395 Å². The van der Waals surface area contributed by atoms with Crippen molar-refractivity contribution in [1.82, 2.24) is 57.7 Å². The molecule has 1 aliphatic heterocycles. The van der Waals surface area contributed by atoms with Gasteiger partial charge in [-0.2, -0.15) is 0 Å². The fourth-order valence-corrected chi connectivity index (χ4v) is 8.15. The largest absolute Gasteiger partial charge is 0.361 e. The van der Waals surface area contributed by atoms with E-state index in [1.807, 2.05) is 54.6 Å². The molecular formula is C47H68N14O7. The van der Waals surface area contributed by atoms with Crippen LogP contribution in [-0.2, 0) is 52.8 Å². The fraction of sp³-hybridized carbons (Fsp3) is 0.489. The van der Waals surface area contributed by atoms with Gasteiger partial charge in [-0.3, -0.25) is 44.2 Å². The van der Waals surface area contributed by atoms with Gasteiger partial charge in [-0.15, -0.1) is 0 Å². The van der Waals surface area contributed by atoms with Gasteiger partial charge in [0.05, 0.1) is 55.7 Å². The zero-order chi connectivity index (χ0) is 48.8. The lowest BCUT2D eigenvalue weighted by atomic mass is 9.94. The summed E-state index contributed by atoms with van der Waals surface area (Å²) in [5.74, 6) is -4.54. The Bertz CT molecular complexity index is 2250. The maximum atomic E-state index is 14.5. The number of nitrogens with two attached hydrogens (primary N) is 3. The minimum Gasteiger partial charge on any atom is -0.361 e. The zero-order valence-corrected chi connectivity index (χ0v) is 38.6. The van der Waals surface area contributed by atoms with Crippen molar-refractivity contribution in [3.05, 3.63) is 90.1 Å². The van der Waals surface area contributed by atoms with Crippen molar-refractivity contribution >= 4 is 51.6 Å². The zero-order valence-electron chi connectivity index (χ0n) is 38.6. The highest BCUT2D eigenvalue weighted by Gasteiger charge is 2.36. The molecule has 21 nitrogen and oxygen atoms in total. The number of unbranched alkanes of at least 4 members (excludes halogenated alkanes) is 1. The fourth-order valence-electron chi connectivity index (χ4n) is 8.15. The minimum absolute atomic E-state index is 0.0119. The van der Waals surface area contributed by atoms with Crippen LogP contribution in [0.25, 0.3) is 10.9 Å². The molecule has 0 aliphatic carbocycles. The quantitative estimate of drug-likeness (QED) is 0.0108. The number of rotatable bonds is 33. The Balaban J connectivity index is 1.34. The highest BCUT2D eigenvalue weighted by atomic mass is 16.2. The van der Waals surface area contributed by atoms with E-state index in [-0.39, 0.29) is 51.0 Å². The number of aromatic nitrogens is 3. The molecule has 2 aromatic heterocycles. The van der Waals surface area contributed by atoms with Crippen LogP contribution in [0.2, 0.25) is 0 Å². The molecule has 0 radical (unpaired) electrons. The lowest BCUT2D eigenvalue weighted by Crippen LogP contribution is -2.57. The number of hydrogen-bond acceptors (Lipinski definition) is 17. The summed E-state index contributed by atoms with van der Waals surface area (Å²) in [4.78, 5) is 107. The number of amides is 2. The number of Topliss-reactive ketones (excluding diaryl/α,β-unsaturated/α-hetero) is 5. The van der Waals surface area contributed by atoms with Gasteiger partial charge < -0.3 is 48.4 Å². The van der Waals surface area contributed by atoms with Crippen molar-refractivity contribution in [1.29, 1.82) is 0 Å². The Morgan fingerprint density at radius 2 is 1.50 bits per heavy atom. The maximum Gasteiger partial charge on any atom is 0.238 e. The number of hydrazine groups is 1. The molecule has 2 amide bonds. The number of likely N-dealkylation sites (N-methyl/N-ethyl adjacent to an activating group) is 1. The number of hydrogen-bond donors (Lipinski definition) is 13. The Morgan fingerprint density at radius 3 is 2.21 bits per heavy atom. The molecule has 0 saturated carbocycles. The third-order valence-corrected chi connectivity index (χ3v) is 11.9. The van der Waals surface area contributed by atoms with Gasteiger partial charge in [0.25, 0.3) is 0 Å². The summed E-state index contributed by atoms with van der Waals surface area (Å²) in [5, 5.41) is 18.3. The van der Waals surface area contributed by atoms with E-state index < -0.39 is 84.0 Å². The molecule has 4 aromatic rings. The summed E-state index contributed by atoms with van der Waals surface area (Å²) in [6, 6.07) is 10.8. The first-order valence-corrected chi connectivity index (χ1v) is 23.3. The lowest BCUT2D eigenvalue weighted by molar-refractivity contribution is -0.140. The smallest absolute Gasteiger partial charge is 0.238 e. The van der Waals surface area contributed by atoms with Gasteiger partial charge in [0.1, 0.15) is 6.29 Å². The number of carbonyl (C=O) groups excluding carboxylic acids is 7. The second-order valence-electron chi connectivity index (χ2n) is 17.0. The minimum atomic E-state index is -1.32. The molecule has 0 spiro atoms. The summed E-state index contributed by atoms with van der Waals surface area (Å²) < 4.78 is 0. The van der Waals surface area contributed by atoms with E-state index in [1.165, 1.54) is 6.33 Å². The van der Waals surface area contributed by atoms with E-state index in [4.69, 9.17) is 17.2 Å². The second-order valence-corrected chi connectivity index (χ2v) is 17.0. The van der Waals surface area contributed by atoms with E-state index >= 15 is 0 Å². The molecule has 21 heteroatoms. The number of ketones is 5. The standard InChI is InChI=1S/C47H68N14O7/c1-51-37(23-31-25-52-28-57-31)40(62)26-56-39(21-29-11-3-2-4-12-29)46(68)60-36(17-10-20-54-47(49)50)44(66)45(67)38(22-30-24-55-33-14-6-5-13-32(30)33)61-58-27-41(63)59-35(15-7-8-18-48)43(65)42(64)34-16-9-19-53-34/h2-6,11-14,24-25,28,34-39,47,51,53-56,58,61H,7-10,15-23,26-27,48-50H2,1H3,(H,52,57)(H,59,63)(H,60,68)/t34-,35-,36-,37-,38-,39-/m0/s1. The predicted molar refractivity (Wildman–Crippen MR) is 256 cm³/mol. The van der Waals surface area contributed by atoms with Crippen LogP contribution in [-0.4, -0.2) is 138 Å². The van der Waals surface area contributed by atoms with Crippen LogP contribution in [0.5, 0.6) is 0 Å². The van der Waals surface area contributed by atoms with E-state index in [0.717, 1.165) is 28.6 Å². The third kappa shape index (κ3) is 16.4. The first kappa shape index (κ1) is 53.1. The molecule has 68 heavy (non-hydrogen) atoms. The van der Waals surface area contributed by atoms with Gasteiger partial charge in [-0.05, 0) is 102 Å². The van der Waals surface area contributed by atoms with Gasteiger partial charge in [-0.25, -0.2) is 15.8 Å². The molecule has 5 rings (SSSR count). The normalized spacial score (nSPS) is 15.9. The van der Waals surface area contributed by atoms with E-state index in [2.05, 4.69) is 57.7 Å². The number of fused-ring (bicyclic) bond motifs is 1. The van der Waals surface area contributed by atoms with Gasteiger partial charge >= 0.3 is 0 Å².